The van der Waals surface area contributed by atoms with Crippen LogP contribution in [0.2, 0.25) is 0 Å². The van der Waals surface area contributed by atoms with Gasteiger partial charge in [-0.05, 0) is 26.0 Å². The molecular formula is C14H13NO5. The Labute approximate surface area is 114 Å². The standard InChI is InChI=1S/C14H13NO5/c1-3-19-14(18)11-9(2)13(17)20-15(11)12(16)10-7-5-4-6-8-10/h4-8H,3H2,1-2H3. The maximum atomic E-state index is 12.3. The van der Waals surface area contributed by atoms with Crippen LogP contribution in [0.1, 0.15) is 33.3 Å². The number of carbonyl (C=O) groups excluding carboxylic acids is 2. The van der Waals surface area contributed by atoms with Crippen molar-refractivity contribution >= 4 is 11.9 Å². The molecule has 1 heterocycles. The topological polar surface area (TPSA) is 78.5 Å². The summed E-state index contributed by atoms with van der Waals surface area (Å²) in [6.07, 6.45) is 0. The fourth-order valence-corrected chi connectivity index (χ4v) is 1.72. The minimum absolute atomic E-state index is 0.0488. The second-order valence-corrected chi connectivity index (χ2v) is 4.04. The van der Waals surface area contributed by atoms with Crippen LogP contribution in [-0.2, 0) is 4.74 Å². The number of hydrogen-bond donors (Lipinski definition) is 0. The van der Waals surface area contributed by atoms with Gasteiger partial charge < -0.3 is 9.26 Å². The molecule has 0 saturated heterocycles. The second-order valence-electron chi connectivity index (χ2n) is 4.04. The van der Waals surface area contributed by atoms with Crippen LogP contribution >= 0.6 is 0 Å². The van der Waals surface area contributed by atoms with Crippen LogP contribution in [0.25, 0.3) is 0 Å². The quantitative estimate of drug-likeness (QED) is 0.795. The number of hydrogen-bond acceptors (Lipinski definition) is 5. The van der Waals surface area contributed by atoms with Crippen LogP contribution in [0.15, 0.2) is 39.6 Å². The maximum Gasteiger partial charge on any atom is 0.362 e. The zero-order valence-electron chi connectivity index (χ0n) is 11.1. The van der Waals surface area contributed by atoms with Crippen molar-refractivity contribution in [1.29, 1.82) is 0 Å². The molecule has 1 aromatic carbocycles. The number of aromatic nitrogens is 1. The van der Waals surface area contributed by atoms with E-state index in [0.717, 1.165) is 0 Å². The molecule has 0 bridgehead atoms. The maximum absolute atomic E-state index is 12.3. The molecule has 0 aliphatic heterocycles. The fourth-order valence-electron chi connectivity index (χ4n) is 1.72. The number of carbonyl (C=O) groups is 2. The van der Waals surface area contributed by atoms with Gasteiger partial charge in [-0.25, -0.2) is 9.59 Å². The Kier molecular flexibility index (Phi) is 3.84. The molecule has 20 heavy (non-hydrogen) atoms. The Morgan fingerprint density at radius 1 is 1.25 bits per heavy atom. The smallest absolute Gasteiger partial charge is 0.362 e. The summed E-state index contributed by atoms with van der Waals surface area (Å²) in [7, 11) is 0. The van der Waals surface area contributed by atoms with Gasteiger partial charge in [0.25, 0.3) is 5.91 Å². The van der Waals surface area contributed by atoms with Gasteiger partial charge >= 0.3 is 11.6 Å². The van der Waals surface area contributed by atoms with Crippen LogP contribution in [0, 0.1) is 6.92 Å². The molecule has 0 saturated carbocycles. The van der Waals surface area contributed by atoms with Crippen molar-refractivity contribution in [3.8, 4) is 0 Å². The average molecular weight is 275 g/mol. The van der Waals surface area contributed by atoms with E-state index in [1.807, 2.05) is 0 Å². The molecule has 6 nitrogen and oxygen atoms in total. The summed E-state index contributed by atoms with van der Waals surface area (Å²) in [5.74, 6) is -1.36. The summed E-state index contributed by atoms with van der Waals surface area (Å²) in [6.45, 7) is 3.18. The number of nitrogens with zero attached hydrogens (tertiary/aromatic N) is 1. The molecule has 2 rings (SSSR count). The highest BCUT2D eigenvalue weighted by atomic mass is 16.6. The first-order valence-corrected chi connectivity index (χ1v) is 6.06. The number of benzene rings is 1. The third-order valence-corrected chi connectivity index (χ3v) is 2.71. The van der Waals surface area contributed by atoms with E-state index in [9.17, 15) is 14.4 Å². The molecule has 2 aromatic rings. The van der Waals surface area contributed by atoms with Gasteiger partial charge in [-0.3, -0.25) is 4.79 Å². The Morgan fingerprint density at radius 3 is 2.50 bits per heavy atom. The monoisotopic (exact) mass is 275 g/mol. The first-order chi connectivity index (χ1) is 9.56. The van der Waals surface area contributed by atoms with Crippen molar-refractivity contribution < 1.29 is 18.8 Å². The minimum Gasteiger partial charge on any atom is -0.461 e. The molecule has 0 aliphatic rings. The predicted molar refractivity (Wildman–Crippen MR) is 69.8 cm³/mol. The molecular weight excluding hydrogens is 262 g/mol. The summed E-state index contributed by atoms with van der Waals surface area (Å²) in [5.41, 5.74) is -0.562. The lowest BCUT2D eigenvalue weighted by atomic mass is 10.2. The SMILES string of the molecule is CCOC(=O)c1c(C)c(=O)on1C(=O)c1ccccc1. The van der Waals surface area contributed by atoms with Crippen LogP contribution in [-0.4, -0.2) is 23.2 Å². The number of rotatable bonds is 3. The largest absolute Gasteiger partial charge is 0.461 e. The highest BCUT2D eigenvalue weighted by molar-refractivity contribution is 6.00. The lowest BCUT2D eigenvalue weighted by Crippen LogP contribution is -2.19. The zero-order chi connectivity index (χ0) is 14.7. The van der Waals surface area contributed by atoms with E-state index in [4.69, 9.17) is 9.26 Å². The van der Waals surface area contributed by atoms with Crippen LogP contribution in [0.3, 0.4) is 0 Å². The van der Waals surface area contributed by atoms with E-state index in [0.29, 0.717) is 10.3 Å². The van der Waals surface area contributed by atoms with Crippen molar-refractivity contribution in [2.75, 3.05) is 6.61 Å². The lowest BCUT2D eigenvalue weighted by molar-refractivity contribution is 0.0487. The fraction of sp³-hybridized carbons (Fsp3) is 0.214. The summed E-state index contributed by atoms with van der Waals surface area (Å²) >= 11 is 0. The van der Waals surface area contributed by atoms with E-state index >= 15 is 0 Å². The van der Waals surface area contributed by atoms with Crippen molar-refractivity contribution in [2.45, 2.75) is 13.8 Å². The molecule has 6 heteroatoms. The van der Waals surface area contributed by atoms with Crippen LogP contribution in [0.4, 0.5) is 0 Å². The molecule has 0 fully saturated rings. The average Bonchev–Trinajstić information content (AvgIpc) is 2.75. The Hall–Kier alpha value is -2.63. The van der Waals surface area contributed by atoms with E-state index < -0.39 is 17.5 Å². The van der Waals surface area contributed by atoms with Gasteiger partial charge in [-0.2, -0.15) is 0 Å². The Morgan fingerprint density at radius 2 is 1.90 bits per heavy atom. The molecule has 0 amide bonds. The van der Waals surface area contributed by atoms with Crippen LogP contribution in [0.5, 0.6) is 0 Å². The van der Waals surface area contributed by atoms with E-state index in [1.54, 1.807) is 37.3 Å². The van der Waals surface area contributed by atoms with Gasteiger partial charge in [0.1, 0.15) is 0 Å². The molecule has 0 atom stereocenters. The van der Waals surface area contributed by atoms with Gasteiger partial charge in [-0.1, -0.05) is 18.2 Å². The normalized spacial score (nSPS) is 10.3. The van der Waals surface area contributed by atoms with Crippen molar-refractivity contribution in [3.05, 3.63) is 57.6 Å². The summed E-state index contributed by atoms with van der Waals surface area (Å²) in [4.78, 5) is 35.7. The van der Waals surface area contributed by atoms with Crippen molar-refractivity contribution in [2.24, 2.45) is 0 Å². The van der Waals surface area contributed by atoms with Gasteiger partial charge in [0.2, 0.25) is 0 Å². The van der Waals surface area contributed by atoms with Gasteiger partial charge in [0.15, 0.2) is 5.69 Å². The first kappa shape index (κ1) is 13.8. The van der Waals surface area contributed by atoms with Crippen molar-refractivity contribution in [1.82, 2.24) is 4.74 Å². The van der Waals surface area contributed by atoms with Gasteiger partial charge in [-0.15, -0.1) is 4.74 Å². The number of ether oxygens (including phenoxy) is 1. The van der Waals surface area contributed by atoms with Crippen molar-refractivity contribution in [3.63, 3.8) is 0 Å². The molecule has 0 N–H and O–H groups in total. The van der Waals surface area contributed by atoms with Gasteiger partial charge in [0.05, 0.1) is 12.2 Å². The molecule has 1 aromatic heterocycles. The van der Waals surface area contributed by atoms with Crippen LogP contribution < -0.4 is 5.63 Å². The van der Waals surface area contributed by atoms with E-state index in [1.165, 1.54) is 6.92 Å². The van der Waals surface area contributed by atoms with Gasteiger partial charge in [0, 0.05) is 5.56 Å². The molecule has 104 valence electrons. The first-order valence-electron chi connectivity index (χ1n) is 6.06. The Balaban J connectivity index is 2.52. The minimum atomic E-state index is -0.764. The molecule has 0 aliphatic carbocycles. The third-order valence-electron chi connectivity index (χ3n) is 2.71. The second kappa shape index (κ2) is 5.56. The third kappa shape index (κ3) is 2.40. The highest BCUT2D eigenvalue weighted by Crippen LogP contribution is 2.11. The zero-order valence-corrected chi connectivity index (χ0v) is 11.1. The lowest BCUT2D eigenvalue weighted by Gasteiger charge is -2.05. The van der Waals surface area contributed by atoms with E-state index in [2.05, 4.69) is 0 Å². The molecule has 0 radical (unpaired) electrons. The summed E-state index contributed by atoms with van der Waals surface area (Å²) in [5, 5.41) is 0. The van der Waals surface area contributed by atoms with E-state index in [-0.39, 0.29) is 17.9 Å². The predicted octanol–water partition coefficient (Wildman–Crippen LogP) is 1.61. The summed E-state index contributed by atoms with van der Waals surface area (Å²) in [6, 6.07) is 8.22. The number of esters is 1. The Bertz CT molecular complexity index is 696. The molecule has 0 unspecified atom stereocenters. The molecule has 0 spiro atoms. The summed E-state index contributed by atoms with van der Waals surface area (Å²) < 4.78 is 10.4. The highest BCUT2D eigenvalue weighted by Gasteiger charge is 2.26.